The van der Waals surface area contributed by atoms with Crippen LogP contribution in [0, 0.1) is 5.82 Å². The van der Waals surface area contributed by atoms with Crippen molar-refractivity contribution in [3.63, 3.8) is 0 Å². The molecule has 2 aromatic rings. The highest BCUT2D eigenvalue weighted by Gasteiger charge is 2.20. The third-order valence-electron chi connectivity index (χ3n) is 2.74. The van der Waals surface area contributed by atoms with Crippen molar-refractivity contribution >= 4 is 15.9 Å². The van der Waals surface area contributed by atoms with Crippen LogP contribution in [0.25, 0.3) is 0 Å². The summed E-state index contributed by atoms with van der Waals surface area (Å²) in [6.45, 7) is 0. The number of ether oxygens (including phenoxy) is 2. The highest BCUT2D eigenvalue weighted by molar-refractivity contribution is 9.10. The monoisotopic (exact) mass is 329 g/mol. The summed E-state index contributed by atoms with van der Waals surface area (Å²) in [5.74, 6) is 0.715. The molecule has 0 fully saturated rings. The number of nitrogens with two attached hydrogens (primary N) is 1. The Bertz CT molecular complexity index is 585. The topological polar surface area (TPSA) is 57.6 Å². The number of furan rings is 1. The maximum atomic E-state index is 14.0. The number of hydrogen-bond acceptors (Lipinski definition) is 4. The molecule has 2 rings (SSSR count). The van der Waals surface area contributed by atoms with Gasteiger partial charge in [-0.25, -0.2) is 4.39 Å². The standard InChI is InChI=1S/C13H13BrFNO3/c1-17-10-5-7(8(15)6-11(10)18-2)13(16)9-3-4-12(14)19-9/h3-6,13H,16H2,1-2H3. The lowest BCUT2D eigenvalue weighted by Gasteiger charge is -2.14. The van der Waals surface area contributed by atoms with Gasteiger partial charge in [-0.1, -0.05) is 0 Å². The first-order valence-electron chi connectivity index (χ1n) is 5.49. The van der Waals surface area contributed by atoms with Crippen LogP contribution in [0.1, 0.15) is 17.4 Å². The zero-order chi connectivity index (χ0) is 14.0. The Morgan fingerprint density at radius 2 is 1.84 bits per heavy atom. The lowest BCUT2D eigenvalue weighted by molar-refractivity contribution is 0.350. The van der Waals surface area contributed by atoms with E-state index in [1.54, 1.807) is 12.1 Å². The molecule has 0 amide bonds. The van der Waals surface area contributed by atoms with Gasteiger partial charge in [0.1, 0.15) is 11.6 Å². The zero-order valence-electron chi connectivity index (χ0n) is 10.4. The smallest absolute Gasteiger partial charge is 0.169 e. The van der Waals surface area contributed by atoms with Crippen LogP contribution in [0.2, 0.25) is 0 Å². The van der Waals surface area contributed by atoms with E-state index in [1.807, 2.05) is 0 Å². The minimum Gasteiger partial charge on any atom is -0.493 e. The maximum Gasteiger partial charge on any atom is 0.169 e. The first kappa shape index (κ1) is 13.9. The van der Waals surface area contributed by atoms with E-state index in [2.05, 4.69) is 15.9 Å². The molecule has 1 unspecified atom stereocenters. The third-order valence-corrected chi connectivity index (χ3v) is 3.16. The van der Waals surface area contributed by atoms with Gasteiger partial charge in [0.2, 0.25) is 0 Å². The summed E-state index contributed by atoms with van der Waals surface area (Å²) in [5, 5.41) is 0. The molecule has 2 N–H and O–H groups in total. The van der Waals surface area contributed by atoms with Crippen molar-refractivity contribution in [1.82, 2.24) is 0 Å². The average Bonchev–Trinajstić information content (AvgIpc) is 2.84. The molecule has 0 saturated heterocycles. The van der Waals surface area contributed by atoms with Crippen molar-refractivity contribution in [3.8, 4) is 11.5 Å². The number of benzene rings is 1. The largest absolute Gasteiger partial charge is 0.493 e. The molecule has 0 aliphatic carbocycles. The summed E-state index contributed by atoms with van der Waals surface area (Å²) >= 11 is 3.18. The molecule has 0 saturated carbocycles. The highest BCUT2D eigenvalue weighted by atomic mass is 79.9. The Morgan fingerprint density at radius 3 is 2.37 bits per heavy atom. The fourth-order valence-corrected chi connectivity index (χ4v) is 2.08. The minimum atomic E-state index is -0.717. The molecule has 102 valence electrons. The number of methoxy groups -OCH3 is 2. The lowest BCUT2D eigenvalue weighted by Crippen LogP contribution is -2.13. The van der Waals surface area contributed by atoms with E-state index in [0.717, 1.165) is 0 Å². The summed E-state index contributed by atoms with van der Waals surface area (Å²) in [4.78, 5) is 0. The lowest BCUT2D eigenvalue weighted by atomic mass is 10.0. The fourth-order valence-electron chi connectivity index (χ4n) is 1.76. The molecule has 1 atom stereocenters. The fraction of sp³-hybridized carbons (Fsp3) is 0.231. The Morgan fingerprint density at radius 1 is 1.21 bits per heavy atom. The van der Waals surface area contributed by atoms with E-state index < -0.39 is 11.9 Å². The van der Waals surface area contributed by atoms with E-state index in [9.17, 15) is 4.39 Å². The van der Waals surface area contributed by atoms with Gasteiger partial charge in [-0.2, -0.15) is 0 Å². The molecule has 0 bridgehead atoms. The molecule has 0 spiro atoms. The van der Waals surface area contributed by atoms with Crippen molar-refractivity contribution in [2.45, 2.75) is 6.04 Å². The van der Waals surface area contributed by atoms with Gasteiger partial charge in [-0.3, -0.25) is 0 Å². The first-order chi connectivity index (χ1) is 9.06. The van der Waals surface area contributed by atoms with Gasteiger partial charge in [0, 0.05) is 11.6 Å². The van der Waals surface area contributed by atoms with Crippen molar-refractivity contribution < 1.29 is 18.3 Å². The van der Waals surface area contributed by atoms with E-state index in [0.29, 0.717) is 21.9 Å². The van der Waals surface area contributed by atoms with E-state index >= 15 is 0 Å². The van der Waals surface area contributed by atoms with Gasteiger partial charge in [0.25, 0.3) is 0 Å². The van der Waals surface area contributed by atoms with Crippen molar-refractivity contribution in [2.24, 2.45) is 5.73 Å². The molecule has 0 aliphatic rings. The normalized spacial score (nSPS) is 12.3. The van der Waals surface area contributed by atoms with Crippen molar-refractivity contribution in [3.05, 3.63) is 46.1 Å². The SMILES string of the molecule is COc1cc(F)c(C(N)c2ccc(Br)o2)cc1OC. The van der Waals surface area contributed by atoms with Gasteiger partial charge in [0.15, 0.2) is 16.2 Å². The minimum absolute atomic E-state index is 0.277. The number of rotatable bonds is 4. The number of halogens is 2. The van der Waals surface area contributed by atoms with Crippen LogP contribution < -0.4 is 15.2 Å². The number of hydrogen-bond donors (Lipinski definition) is 1. The molecule has 6 heteroatoms. The Kier molecular flexibility index (Phi) is 4.11. The van der Waals surface area contributed by atoms with Crippen LogP contribution in [-0.2, 0) is 0 Å². The first-order valence-corrected chi connectivity index (χ1v) is 6.28. The van der Waals surface area contributed by atoms with Crippen LogP contribution in [0.3, 0.4) is 0 Å². The van der Waals surface area contributed by atoms with E-state index in [4.69, 9.17) is 19.6 Å². The van der Waals surface area contributed by atoms with Gasteiger partial charge >= 0.3 is 0 Å². The summed E-state index contributed by atoms with van der Waals surface area (Å²) in [6, 6.07) is 5.42. The Balaban J connectivity index is 2.44. The summed E-state index contributed by atoms with van der Waals surface area (Å²) in [7, 11) is 2.93. The van der Waals surface area contributed by atoms with E-state index in [-0.39, 0.29) is 5.56 Å². The third kappa shape index (κ3) is 2.74. The molecular weight excluding hydrogens is 317 g/mol. The molecule has 4 nitrogen and oxygen atoms in total. The van der Waals surface area contributed by atoms with Gasteiger partial charge in [-0.05, 0) is 34.1 Å². The van der Waals surface area contributed by atoms with Gasteiger partial charge in [0.05, 0.1) is 20.3 Å². The van der Waals surface area contributed by atoms with E-state index in [1.165, 1.54) is 26.4 Å². The maximum absolute atomic E-state index is 14.0. The Hall–Kier alpha value is -1.53. The quantitative estimate of drug-likeness (QED) is 0.935. The van der Waals surface area contributed by atoms with Crippen molar-refractivity contribution in [2.75, 3.05) is 14.2 Å². The summed E-state index contributed by atoms with van der Waals surface area (Å²) < 4.78 is 30.1. The molecule has 19 heavy (non-hydrogen) atoms. The van der Waals surface area contributed by atoms with Crippen LogP contribution >= 0.6 is 15.9 Å². The predicted molar refractivity (Wildman–Crippen MR) is 71.9 cm³/mol. The predicted octanol–water partition coefficient (Wildman–Crippen LogP) is 3.25. The second kappa shape index (κ2) is 5.63. The average molecular weight is 330 g/mol. The second-order valence-corrected chi connectivity index (χ2v) is 4.63. The van der Waals surface area contributed by atoms with Crippen LogP contribution in [0.4, 0.5) is 4.39 Å². The summed E-state index contributed by atoms with van der Waals surface area (Å²) in [5.41, 5.74) is 6.27. The van der Waals surface area contributed by atoms with Crippen LogP contribution in [0.15, 0.2) is 33.4 Å². The summed E-state index contributed by atoms with van der Waals surface area (Å²) in [6.07, 6.45) is 0. The van der Waals surface area contributed by atoms with Gasteiger partial charge in [-0.15, -0.1) is 0 Å². The van der Waals surface area contributed by atoms with Crippen LogP contribution in [0.5, 0.6) is 11.5 Å². The molecule has 1 heterocycles. The van der Waals surface area contributed by atoms with Crippen molar-refractivity contribution in [1.29, 1.82) is 0 Å². The highest BCUT2D eigenvalue weighted by Crippen LogP contribution is 2.34. The second-order valence-electron chi connectivity index (χ2n) is 3.85. The molecule has 0 radical (unpaired) electrons. The zero-order valence-corrected chi connectivity index (χ0v) is 12.0. The molecule has 1 aromatic carbocycles. The molecule has 1 aromatic heterocycles. The molecular formula is C13H13BrFNO3. The Labute approximate surface area is 118 Å². The van der Waals surface area contributed by atoms with Gasteiger partial charge < -0.3 is 19.6 Å². The van der Waals surface area contributed by atoms with Crippen LogP contribution in [-0.4, -0.2) is 14.2 Å². The molecule has 0 aliphatic heterocycles.